The Bertz CT molecular complexity index is 549. The summed E-state index contributed by atoms with van der Waals surface area (Å²) in [7, 11) is 0. The van der Waals surface area contributed by atoms with E-state index in [0.717, 1.165) is 42.1 Å². The molecule has 2 fully saturated rings. The number of piperidine rings is 1. The molecule has 1 saturated carbocycles. The highest BCUT2D eigenvalue weighted by Crippen LogP contribution is 2.27. The summed E-state index contributed by atoms with van der Waals surface area (Å²) in [6.45, 7) is 4.29. The number of anilines is 1. The van der Waals surface area contributed by atoms with Crippen molar-refractivity contribution >= 4 is 27.7 Å². The molecule has 4 nitrogen and oxygen atoms in total. The highest BCUT2D eigenvalue weighted by Gasteiger charge is 2.24. The van der Waals surface area contributed by atoms with Gasteiger partial charge < -0.3 is 10.2 Å². The second-order valence-corrected chi connectivity index (χ2v) is 7.92. The van der Waals surface area contributed by atoms with E-state index in [1.165, 1.54) is 32.1 Å². The number of carbonyl (C=O) groups excluding carboxylic acids is 1. The van der Waals surface area contributed by atoms with E-state index < -0.39 is 0 Å². The molecule has 0 bridgehead atoms. The normalized spacial score (nSPS) is 25.2. The molecule has 1 saturated heterocycles. The van der Waals surface area contributed by atoms with Crippen LogP contribution in [0.4, 0.5) is 5.82 Å². The minimum absolute atomic E-state index is 0.0268. The molecule has 23 heavy (non-hydrogen) atoms. The molecule has 2 aliphatic rings. The van der Waals surface area contributed by atoms with Gasteiger partial charge in [0.2, 0.25) is 0 Å². The highest BCUT2D eigenvalue weighted by atomic mass is 79.9. The van der Waals surface area contributed by atoms with Crippen molar-refractivity contribution in [2.45, 2.75) is 57.9 Å². The molecule has 1 aliphatic heterocycles. The van der Waals surface area contributed by atoms with E-state index in [1.54, 1.807) is 6.20 Å². The number of amides is 1. The SMILES string of the molecule is CC1CCC(NC(=O)c2cc(Br)cnc2N2CCCCC2)CC1. The first-order chi connectivity index (χ1) is 11.1. The van der Waals surface area contributed by atoms with E-state index >= 15 is 0 Å². The molecule has 1 aromatic rings. The van der Waals surface area contributed by atoms with Crippen molar-refractivity contribution in [2.75, 3.05) is 18.0 Å². The lowest BCUT2D eigenvalue weighted by molar-refractivity contribution is 0.0923. The van der Waals surface area contributed by atoms with Gasteiger partial charge in [-0.25, -0.2) is 4.98 Å². The van der Waals surface area contributed by atoms with Gasteiger partial charge in [-0.15, -0.1) is 0 Å². The summed E-state index contributed by atoms with van der Waals surface area (Å²) in [5.74, 6) is 1.66. The van der Waals surface area contributed by atoms with Crippen LogP contribution in [0.5, 0.6) is 0 Å². The summed E-state index contributed by atoms with van der Waals surface area (Å²) in [4.78, 5) is 19.6. The van der Waals surface area contributed by atoms with Crippen molar-refractivity contribution < 1.29 is 4.79 Å². The minimum atomic E-state index is 0.0268. The summed E-state index contributed by atoms with van der Waals surface area (Å²) < 4.78 is 0.862. The van der Waals surface area contributed by atoms with Gasteiger partial charge in [-0.1, -0.05) is 6.92 Å². The van der Waals surface area contributed by atoms with E-state index in [9.17, 15) is 4.79 Å². The predicted molar refractivity (Wildman–Crippen MR) is 96.9 cm³/mol. The first-order valence-corrected chi connectivity index (χ1v) is 9.64. The number of halogens is 1. The lowest BCUT2D eigenvalue weighted by Crippen LogP contribution is -2.39. The largest absolute Gasteiger partial charge is 0.356 e. The van der Waals surface area contributed by atoms with Crippen LogP contribution in [0.25, 0.3) is 0 Å². The Morgan fingerprint density at radius 3 is 2.61 bits per heavy atom. The predicted octanol–water partition coefficient (Wildman–Crippen LogP) is 4.14. The van der Waals surface area contributed by atoms with Crippen molar-refractivity contribution in [3.63, 3.8) is 0 Å². The van der Waals surface area contributed by atoms with Crippen LogP contribution >= 0.6 is 15.9 Å². The van der Waals surface area contributed by atoms with Crippen LogP contribution < -0.4 is 10.2 Å². The maximum Gasteiger partial charge on any atom is 0.255 e. The number of hydrogen-bond donors (Lipinski definition) is 1. The molecule has 3 rings (SSSR count). The fourth-order valence-corrected chi connectivity index (χ4v) is 3.96. The van der Waals surface area contributed by atoms with Crippen molar-refractivity contribution in [2.24, 2.45) is 5.92 Å². The number of hydrogen-bond acceptors (Lipinski definition) is 3. The Hall–Kier alpha value is -1.10. The molecule has 0 unspecified atom stereocenters. The van der Waals surface area contributed by atoms with E-state index in [2.05, 4.69) is 38.1 Å². The lowest BCUT2D eigenvalue weighted by Gasteiger charge is -2.30. The molecule has 1 N–H and O–H groups in total. The Morgan fingerprint density at radius 2 is 1.91 bits per heavy atom. The van der Waals surface area contributed by atoms with E-state index in [1.807, 2.05) is 6.07 Å². The van der Waals surface area contributed by atoms with Crippen LogP contribution in [0.2, 0.25) is 0 Å². The zero-order chi connectivity index (χ0) is 16.2. The van der Waals surface area contributed by atoms with Crippen molar-refractivity contribution in [3.05, 3.63) is 22.3 Å². The van der Waals surface area contributed by atoms with Gasteiger partial charge in [-0.3, -0.25) is 4.79 Å². The molecule has 0 spiro atoms. The Kier molecular flexibility index (Phi) is 5.57. The molecule has 1 amide bonds. The highest BCUT2D eigenvalue weighted by molar-refractivity contribution is 9.10. The molecule has 0 radical (unpaired) electrons. The molecular weight excluding hydrogens is 354 g/mol. The zero-order valence-corrected chi connectivity index (χ0v) is 15.4. The lowest BCUT2D eigenvalue weighted by atomic mass is 9.87. The molecular formula is C18H26BrN3O. The van der Waals surface area contributed by atoms with Gasteiger partial charge in [0.25, 0.3) is 5.91 Å². The van der Waals surface area contributed by atoms with E-state index in [0.29, 0.717) is 11.6 Å². The van der Waals surface area contributed by atoms with Crippen LogP contribution in [0.1, 0.15) is 62.2 Å². The first-order valence-electron chi connectivity index (χ1n) is 8.85. The van der Waals surface area contributed by atoms with Crippen molar-refractivity contribution in [1.29, 1.82) is 0 Å². The summed E-state index contributed by atoms with van der Waals surface area (Å²) in [6.07, 6.45) is 10.0. The number of nitrogens with zero attached hydrogens (tertiary/aromatic N) is 2. The van der Waals surface area contributed by atoms with Crippen molar-refractivity contribution in [3.8, 4) is 0 Å². The maximum atomic E-state index is 12.8. The third kappa shape index (κ3) is 4.25. The quantitative estimate of drug-likeness (QED) is 0.857. The molecule has 0 atom stereocenters. The Morgan fingerprint density at radius 1 is 1.22 bits per heavy atom. The average molecular weight is 380 g/mol. The minimum Gasteiger partial charge on any atom is -0.356 e. The summed E-state index contributed by atoms with van der Waals surface area (Å²) in [5, 5.41) is 3.24. The number of nitrogens with one attached hydrogen (secondary N) is 1. The number of rotatable bonds is 3. The topological polar surface area (TPSA) is 45.2 Å². The van der Waals surface area contributed by atoms with Crippen LogP contribution in [0.3, 0.4) is 0 Å². The summed E-state index contributed by atoms with van der Waals surface area (Å²) in [6, 6.07) is 2.23. The maximum absolute atomic E-state index is 12.8. The third-order valence-corrected chi connectivity index (χ3v) is 5.52. The van der Waals surface area contributed by atoms with E-state index in [-0.39, 0.29) is 5.91 Å². The molecule has 1 aromatic heterocycles. The molecule has 126 valence electrons. The van der Waals surface area contributed by atoms with E-state index in [4.69, 9.17) is 0 Å². The second-order valence-electron chi connectivity index (χ2n) is 7.00. The summed E-state index contributed by atoms with van der Waals surface area (Å²) in [5.41, 5.74) is 0.708. The van der Waals surface area contributed by atoms with Crippen LogP contribution in [0.15, 0.2) is 16.7 Å². The van der Waals surface area contributed by atoms with Gasteiger partial charge in [-0.2, -0.15) is 0 Å². The zero-order valence-electron chi connectivity index (χ0n) is 13.9. The third-order valence-electron chi connectivity index (χ3n) is 5.08. The van der Waals surface area contributed by atoms with Crippen LogP contribution in [-0.2, 0) is 0 Å². The smallest absolute Gasteiger partial charge is 0.255 e. The standard InChI is InChI=1S/C18H26BrN3O/c1-13-5-7-15(8-6-13)21-18(23)16-11-14(19)12-20-17(16)22-9-3-2-4-10-22/h11-13,15H,2-10H2,1H3,(H,21,23). The fourth-order valence-electron chi connectivity index (χ4n) is 3.62. The Labute approximate surface area is 147 Å². The second kappa shape index (κ2) is 7.65. The molecule has 1 aliphatic carbocycles. The molecule has 0 aromatic carbocycles. The monoisotopic (exact) mass is 379 g/mol. The van der Waals surface area contributed by atoms with Crippen LogP contribution in [-0.4, -0.2) is 30.0 Å². The molecule has 2 heterocycles. The number of pyridine rings is 1. The van der Waals surface area contributed by atoms with Gasteiger partial charge >= 0.3 is 0 Å². The van der Waals surface area contributed by atoms with Crippen LogP contribution in [0, 0.1) is 5.92 Å². The van der Waals surface area contributed by atoms with Gasteiger partial charge in [0.05, 0.1) is 5.56 Å². The molecule has 5 heteroatoms. The number of aromatic nitrogens is 1. The Balaban J connectivity index is 1.74. The van der Waals surface area contributed by atoms with Gasteiger partial charge in [0.15, 0.2) is 0 Å². The first kappa shape index (κ1) is 16.7. The van der Waals surface area contributed by atoms with Gasteiger partial charge in [0, 0.05) is 29.8 Å². The van der Waals surface area contributed by atoms with Crippen molar-refractivity contribution in [1.82, 2.24) is 10.3 Å². The van der Waals surface area contributed by atoms with Gasteiger partial charge in [0.1, 0.15) is 5.82 Å². The van der Waals surface area contributed by atoms with Gasteiger partial charge in [-0.05, 0) is 72.9 Å². The summed E-state index contributed by atoms with van der Waals surface area (Å²) >= 11 is 3.46. The fraction of sp³-hybridized carbons (Fsp3) is 0.667. The number of carbonyl (C=O) groups is 1. The average Bonchev–Trinajstić information content (AvgIpc) is 2.57.